The van der Waals surface area contributed by atoms with Crippen LogP contribution in [0.5, 0.6) is 0 Å². The van der Waals surface area contributed by atoms with Crippen molar-refractivity contribution in [3.63, 3.8) is 0 Å². The summed E-state index contributed by atoms with van der Waals surface area (Å²) in [6, 6.07) is 3.97. The van der Waals surface area contributed by atoms with Crippen LogP contribution in [0.25, 0.3) is 0 Å². The van der Waals surface area contributed by atoms with Crippen molar-refractivity contribution in [3.05, 3.63) is 29.8 Å². The Kier molecular flexibility index (Phi) is 4.76. The summed E-state index contributed by atoms with van der Waals surface area (Å²) in [7, 11) is -3.41. The maximum absolute atomic E-state index is 12.4. The van der Waals surface area contributed by atoms with Crippen LogP contribution in [0.3, 0.4) is 0 Å². The Hall–Kier alpha value is -1.61. The molecule has 0 unspecified atom stereocenters. The predicted octanol–water partition coefficient (Wildman–Crippen LogP) is 2.07. The summed E-state index contributed by atoms with van der Waals surface area (Å²) in [6.45, 7) is -0.0495. The number of nitrogens with one attached hydrogen (secondary N) is 1. The number of carbonyl (C=O) groups is 1. The Morgan fingerprint density at radius 2 is 1.82 bits per heavy atom. The van der Waals surface area contributed by atoms with E-state index in [0.717, 1.165) is 28.6 Å². The van der Waals surface area contributed by atoms with Gasteiger partial charge in [-0.2, -0.15) is 17.5 Å². The molecule has 1 amide bonds. The number of hydrogen-bond acceptors (Lipinski definition) is 3. The maximum atomic E-state index is 12.4. The van der Waals surface area contributed by atoms with E-state index in [4.69, 9.17) is 0 Å². The van der Waals surface area contributed by atoms with E-state index in [1.54, 1.807) is 0 Å². The summed E-state index contributed by atoms with van der Waals surface area (Å²) < 4.78 is 61.8. The molecule has 1 N–H and O–H groups in total. The molecule has 0 aromatic heterocycles. The second kappa shape index (κ2) is 6.25. The van der Waals surface area contributed by atoms with Crippen molar-refractivity contribution in [2.45, 2.75) is 19.0 Å². The SMILES string of the molecule is O=C(CN1CCCCS1(=O)=O)Nc1ccc(C(F)(F)F)cc1. The highest BCUT2D eigenvalue weighted by atomic mass is 32.2. The van der Waals surface area contributed by atoms with Gasteiger partial charge >= 0.3 is 6.18 Å². The van der Waals surface area contributed by atoms with Gasteiger partial charge in [-0.15, -0.1) is 0 Å². The van der Waals surface area contributed by atoms with Crippen LogP contribution in [0, 0.1) is 0 Å². The molecule has 1 saturated heterocycles. The molecule has 22 heavy (non-hydrogen) atoms. The Bertz CT molecular complexity index is 641. The van der Waals surface area contributed by atoms with Crippen molar-refractivity contribution in [1.82, 2.24) is 4.31 Å². The topological polar surface area (TPSA) is 66.5 Å². The van der Waals surface area contributed by atoms with Gasteiger partial charge in [0, 0.05) is 12.2 Å². The van der Waals surface area contributed by atoms with E-state index in [9.17, 15) is 26.4 Å². The minimum Gasteiger partial charge on any atom is -0.325 e. The highest BCUT2D eigenvalue weighted by molar-refractivity contribution is 7.89. The zero-order chi connectivity index (χ0) is 16.4. The smallest absolute Gasteiger partial charge is 0.325 e. The van der Waals surface area contributed by atoms with E-state index in [-0.39, 0.29) is 24.5 Å². The summed E-state index contributed by atoms with van der Waals surface area (Å²) in [5, 5.41) is 2.39. The lowest BCUT2D eigenvalue weighted by Crippen LogP contribution is -2.42. The fourth-order valence-corrected chi connectivity index (χ4v) is 3.67. The van der Waals surface area contributed by atoms with Crippen LogP contribution >= 0.6 is 0 Å². The number of carbonyl (C=O) groups excluding carboxylic acids is 1. The second-order valence-corrected chi connectivity index (χ2v) is 7.07. The lowest BCUT2D eigenvalue weighted by atomic mass is 10.2. The molecule has 1 aliphatic heterocycles. The lowest BCUT2D eigenvalue weighted by molar-refractivity contribution is -0.137. The number of amides is 1. The molecule has 2 rings (SSSR count). The number of sulfonamides is 1. The third kappa shape index (κ3) is 4.20. The lowest BCUT2D eigenvalue weighted by Gasteiger charge is -2.25. The van der Waals surface area contributed by atoms with Crippen molar-refractivity contribution in [2.24, 2.45) is 0 Å². The van der Waals surface area contributed by atoms with Crippen LogP contribution in [0.2, 0.25) is 0 Å². The van der Waals surface area contributed by atoms with Gasteiger partial charge in [-0.25, -0.2) is 8.42 Å². The molecular formula is C13H15F3N2O3S. The third-order valence-corrected chi connectivity index (χ3v) is 5.17. The molecule has 0 atom stereocenters. The van der Waals surface area contributed by atoms with Crippen LogP contribution in [-0.2, 0) is 21.0 Å². The van der Waals surface area contributed by atoms with E-state index in [2.05, 4.69) is 5.32 Å². The molecule has 1 aliphatic rings. The number of halogens is 3. The van der Waals surface area contributed by atoms with Crippen molar-refractivity contribution in [1.29, 1.82) is 0 Å². The first-order valence-corrected chi connectivity index (χ1v) is 8.24. The molecule has 1 aromatic rings. The predicted molar refractivity (Wildman–Crippen MR) is 74.7 cm³/mol. The van der Waals surface area contributed by atoms with E-state index in [1.807, 2.05) is 0 Å². The molecule has 0 aliphatic carbocycles. The number of alkyl halides is 3. The number of benzene rings is 1. The standard InChI is InChI=1S/C13H15F3N2O3S/c14-13(15,16)10-3-5-11(6-4-10)17-12(19)9-18-7-1-2-8-22(18,20)21/h3-6H,1-2,7-9H2,(H,17,19). The molecule has 0 radical (unpaired) electrons. The summed E-state index contributed by atoms with van der Waals surface area (Å²) >= 11 is 0. The molecule has 0 spiro atoms. The van der Waals surface area contributed by atoms with Gasteiger partial charge in [0.2, 0.25) is 15.9 Å². The summed E-state index contributed by atoms with van der Waals surface area (Å²) in [5.41, 5.74) is -0.628. The van der Waals surface area contributed by atoms with Crippen molar-refractivity contribution < 1.29 is 26.4 Å². The van der Waals surface area contributed by atoms with Crippen LogP contribution in [-0.4, -0.2) is 37.5 Å². The average molecular weight is 336 g/mol. The first-order chi connectivity index (χ1) is 10.2. The number of hydrogen-bond donors (Lipinski definition) is 1. The number of rotatable bonds is 3. The monoisotopic (exact) mass is 336 g/mol. The Morgan fingerprint density at radius 3 is 2.36 bits per heavy atom. The molecule has 5 nitrogen and oxygen atoms in total. The zero-order valence-electron chi connectivity index (χ0n) is 11.6. The summed E-state index contributed by atoms with van der Waals surface area (Å²) in [5.74, 6) is -0.564. The number of nitrogens with zero attached hydrogens (tertiary/aromatic N) is 1. The van der Waals surface area contributed by atoms with Crippen LogP contribution in [0.4, 0.5) is 18.9 Å². The minimum atomic E-state index is -4.44. The zero-order valence-corrected chi connectivity index (χ0v) is 12.4. The largest absolute Gasteiger partial charge is 0.416 e. The molecule has 0 bridgehead atoms. The summed E-state index contributed by atoms with van der Waals surface area (Å²) in [6.07, 6.45) is -3.18. The van der Waals surface area contributed by atoms with Gasteiger partial charge in [-0.05, 0) is 37.1 Å². The normalized spacial score (nSPS) is 18.9. The fraction of sp³-hybridized carbons (Fsp3) is 0.462. The molecule has 9 heteroatoms. The van der Waals surface area contributed by atoms with Crippen molar-refractivity contribution >= 4 is 21.6 Å². The van der Waals surface area contributed by atoms with Crippen molar-refractivity contribution in [2.75, 3.05) is 24.2 Å². The third-order valence-electron chi connectivity index (χ3n) is 3.27. The number of anilines is 1. The fourth-order valence-electron chi connectivity index (χ4n) is 2.12. The van der Waals surface area contributed by atoms with Gasteiger partial charge < -0.3 is 5.32 Å². The molecule has 0 saturated carbocycles. The van der Waals surface area contributed by atoms with Gasteiger partial charge in [0.15, 0.2) is 0 Å². The first kappa shape index (κ1) is 16.8. The van der Waals surface area contributed by atoms with Crippen LogP contribution in [0.1, 0.15) is 18.4 Å². The van der Waals surface area contributed by atoms with Gasteiger partial charge in [-0.1, -0.05) is 0 Å². The highest BCUT2D eigenvalue weighted by Crippen LogP contribution is 2.29. The minimum absolute atomic E-state index is 0.0144. The van der Waals surface area contributed by atoms with Gasteiger partial charge in [-0.3, -0.25) is 4.79 Å². The van der Waals surface area contributed by atoms with Gasteiger partial charge in [0.05, 0.1) is 17.9 Å². The van der Waals surface area contributed by atoms with Gasteiger partial charge in [0.1, 0.15) is 0 Å². The van der Waals surface area contributed by atoms with E-state index in [1.165, 1.54) is 0 Å². The highest BCUT2D eigenvalue weighted by Gasteiger charge is 2.30. The van der Waals surface area contributed by atoms with Crippen LogP contribution < -0.4 is 5.32 Å². The molecular weight excluding hydrogens is 321 g/mol. The van der Waals surface area contributed by atoms with Crippen LogP contribution in [0.15, 0.2) is 24.3 Å². The van der Waals surface area contributed by atoms with E-state index < -0.39 is 27.7 Å². The van der Waals surface area contributed by atoms with Crippen molar-refractivity contribution in [3.8, 4) is 0 Å². The molecule has 1 fully saturated rings. The average Bonchev–Trinajstić information content (AvgIpc) is 2.40. The molecule has 1 aromatic carbocycles. The van der Waals surface area contributed by atoms with Gasteiger partial charge in [0.25, 0.3) is 0 Å². The first-order valence-electron chi connectivity index (χ1n) is 6.63. The maximum Gasteiger partial charge on any atom is 0.416 e. The van der Waals surface area contributed by atoms with E-state index in [0.29, 0.717) is 12.8 Å². The summed E-state index contributed by atoms with van der Waals surface area (Å²) in [4.78, 5) is 11.8. The molecule has 122 valence electrons. The quantitative estimate of drug-likeness (QED) is 0.919. The Labute approximate surface area is 126 Å². The van der Waals surface area contributed by atoms with E-state index >= 15 is 0 Å². The second-order valence-electron chi connectivity index (χ2n) is 4.98. The Morgan fingerprint density at radius 1 is 1.18 bits per heavy atom. The molecule has 1 heterocycles. The Balaban J connectivity index is 1.97.